The van der Waals surface area contributed by atoms with Crippen molar-refractivity contribution in [2.45, 2.75) is 48.9 Å². The first-order valence-corrected chi connectivity index (χ1v) is 12.0. The van der Waals surface area contributed by atoms with Crippen LogP contribution in [0, 0.1) is 17.8 Å². The molecule has 3 aliphatic rings. The van der Waals surface area contributed by atoms with Crippen molar-refractivity contribution in [1.82, 2.24) is 4.57 Å². The molecule has 2 aliphatic carbocycles. The number of carbonyl (C=O) groups excluding carboxylic acids is 1. The van der Waals surface area contributed by atoms with Gasteiger partial charge in [-0.2, -0.15) is 0 Å². The zero-order chi connectivity index (χ0) is 20.1. The Balaban J connectivity index is 1.60. The Kier molecular flexibility index (Phi) is 4.98. The van der Waals surface area contributed by atoms with Crippen molar-refractivity contribution in [2.75, 3.05) is 13.7 Å². The number of carbonyl (C=O) groups is 1. The van der Waals surface area contributed by atoms with Crippen molar-refractivity contribution in [3.05, 3.63) is 44.4 Å². The van der Waals surface area contributed by atoms with Crippen LogP contribution in [0.3, 0.4) is 0 Å². The molecule has 0 N–H and O–H groups in total. The van der Waals surface area contributed by atoms with Gasteiger partial charge in [0.2, 0.25) is 0 Å². The zero-order valence-corrected chi connectivity index (χ0v) is 18.3. The van der Waals surface area contributed by atoms with Crippen LogP contribution < -0.4 is 9.61 Å². The molecule has 2 aromatic rings. The molecule has 0 spiro atoms. The molecule has 0 saturated heterocycles. The fraction of sp³-hybridized carbons (Fsp3) is 0.545. The number of aromatic nitrogens is 1. The van der Waals surface area contributed by atoms with E-state index in [2.05, 4.69) is 12.1 Å². The Labute approximate surface area is 178 Å². The Bertz CT molecular complexity index is 980. The van der Waals surface area contributed by atoms with Gasteiger partial charge in [0.05, 0.1) is 18.7 Å². The quantitative estimate of drug-likeness (QED) is 0.666. The van der Waals surface area contributed by atoms with E-state index in [0.29, 0.717) is 17.8 Å². The molecule has 5 nitrogen and oxygen atoms in total. The fourth-order valence-corrected chi connectivity index (χ4v) is 8.76. The molecule has 29 heavy (non-hydrogen) atoms. The minimum absolute atomic E-state index is 0.00627. The molecule has 5 unspecified atom stereocenters. The van der Waals surface area contributed by atoms with E-state index in [0.717, 1.165) is 27.5 Å². The predicted octanol–water partition coefficient (Wildman–Crippen LogP) is 4.13. The van der Waals surface area contributed by atoms with Crippen molar-refractivity contribution in [1.29, 1.82) is 0 Å². The summed E-state index contributed by atoms with van der Waals surface area (Å²) in [4.78, 5) is 26.1. The maximum atomic E-state index is 12.9. The van der Waals surface area contributed by atoms with E-state index < -0.39 is 0 Å². The van der Waals surface area contributed by atoms with Crippen molar-refractivity contribution >= 4 is 29.1 Å². The van der Waals surface area contributed by atoms with Gasteiger partial charge in [0, 0.05) is 16.0 Å². The zero-order valence-electron chi connectivity index (χ0n) is 16.6. The average Bonchev–Trinajstić information content (AvgIpc) is 3.41. The van der Waals surface area contributed by atoms with Gasteiger partial charge in [-0.1, -0.05) is 23.5 Å². The van der Waals surface area contributed by atoms with Crippen LogP contribution in [0.1, 0.15) is 42.5 Å². The van der Waals surface area contributed by atoms with Crippen LogP contribution in [0.4, 0.5) is 0 Å². The number of rotatable bonds is 5. The molecule has 0 amide bonds. The lowest BCUT2D eigenvalue weighted by molar-refractivity contribution is -0.144. The standard InChI is InChI=1S/C22H25NO4S2/c1-3-27-16(24)11-23-21-20(29-22(23)25)17(12-6-8-15(26-2)9-7-12)18-13-4-5-14(10-13)19(18)28-21/h6-9,13-14,17-19H,3-5,10-11H2,1-2H3. The average molecular weight is 432 g/mol. The lowest BCUT2D eigenvalue weighted by Crippen LogP contribution is -2.34. The van der Waals surface area contributed by atoms with E-state index in [1.165, 1.54) is 36.2 Å². The van der Waals surface area contributed by atoms with Crippen molar-refractivity contribution < 1.29 is 14.3 Å². The van der Waals surface area contributed by atoms with Gasteiger partial charge >= 0.3 is 10.8 Å². The molecule has 154 valence electrons. The first-order chi connectivity index (χ1) is 14.1. The summed E-state index contributed by atoms with van der Waals surface area (Å²) in [7, 11) is 1.68. The third-order valence-corrected chi connectivity index (χ3v) is 9.58. The summed E-state index contributed by atoms with van der Waals surface area (Å²) in [6, 6.07) is 8.31. The van der Waals surface area contributed by atoms with Crippen LogP contribution in [0.15, 0.2) is 34.1 Å². The normalized spacial score (nSPS) is 29.4. The lowest BCUT2D eigenvalue weighted by Gasteiger charge is -2.40. The molecular formula is C22H25NO4S2. The molecule has 0 radical (unpaired) electrons. The number of hydrogen-bond donors (Lipinski definition) is 0. The van der Waals surface area contributed by atoms with Gasteiger partial charge in [-0.15, -0.1) is 11.8 Å². The molecule has 2 fully saturated rings. The van der Waals surface area contributed by atoms with Crippen LogP contribution in [0.25, 0.3) is 0 Å². The highest BCUT2D eigenvalue weighted by Crippen LogP contribution is 2.64. The minimum Gasteiger partial charge on any atom is -0.497 e. The van der Waals surface area contributed by atoms with Crippen LogP contribution in [-0.2, 0) is 16.1 Å². The van der Waals surface area contributed by atoms with Gasteiger partial charge in [-0.05, 0) is 61.6 Å². The van der Waals surface area contributed by atoms with Crippen LogP contribution in [0.5, 0.6) is 5.75 Å². The Morgan fingerprint density at radius 2 is 1.97 bits per heavy atom. The minimum atomic E-state index is -0.341. The number of thiazole rings is 1. The van der Waals surface area contributed by atoms with Gasteiger partial charge in [0.1, 0.15) is 12.3 Å². The molecule has 2 heterocycles. The molecule has 2 bridgehead atoms. The number of esters is 1. The van der Waals surface area contributed by atoms with Crippen LogP contribution >= 0.6 is 23.1 Å². The van der Waals surface area contributed by atoms with E-state index in [1.807, 2.05) is 23.9 Å². The summed E-state index contributed by atoms with van der Waals surface area (Å²) in [5.41, 5.74) is 1.25. The van der Waals surface area contributed by atoms with E-state index in [9.17, 15) is 9.59 Å². The Morgan fingerprint density at radius 3 is 2.69 bits per heavy atom. The second-order valence-electron chi connectivity index (χ2n) is 8.17. The molecule has 1 aromatic heterocycles. The number of thioether (sulfide) groups is 1. The summed E-state index contributed by atoms with van der Waals surface area (Å²) < 4.78 is 12.1. The van der Waals surface area contributed by atoms with Gasteiger partial charge in [0.25, 0.3) is 0 Å². The molecule has 2 saturated carbocycles. The van der Waals surface area contributed by atoms with Gasteiger partial charge in [-0.25, -0.2) is 0 Å². The Hall–Kier alpha value is -1.73. The molecule has 1 aliphatic heterocycles. The predicted molar refractivity (Wildman–Crippen MR) is 114 cm³/mol. The van der Waals surface area contributed by atoms with Gasteiger partial charge < -0.3 is 9.47 Å². The van der Waals surface area contributed by atoms with Gasteiger partial charge in [0.15, 0.2) is 0 Å². The Morgan fingerprint density at radius 1 is 1.21 bits per heavy atom. The smallest absolute Gasteiger partial charge is 0.326 e. The van der Waals surface area contributed by atoms with Crippen molar-refractivity contribution in [2.24, 2.45) is 17.8 Å². The third-order valence-electron chi connectivity index (χ3n) is 6.76. The summed E-state index contributed by atoms with van der Waals surface area (Å²) >= 11 is 3.16. The van der Waals surface area contributed by atoms with Gasteiger partial charge in [-0.3, -0.25) is 14.2 Å². The molecule has 5 rings (SSSR count). The SMILES string of the molecule is CCOC(=O)Cn1c2c(sc1=O)C(c1ccc(OC)cc1)C1C3CCC(C3)C1S2. The van der Waals surface area contributed by atoms with Crippen molar-refractivity contribution in [3.8, 4) is 5.75 Å². The van der Waals surface area contributed by atoms with Crippen molar-refractivity contribution in [3.63, 3.8) is 0 Å². The number of benzene rings is 1. The monoisotopic (exact) mass is 431 g/mol. The number of nitrogens with zero attached hydrogens (tertiary/aromatic N) is 1. The second kappa shape index (κ2) is 7.51. The number of fused-ring (bicyclic) bond motifs is 6. The fourth-order valence-electron chi connectivity index (χ4n) is 5.61. The number of methoxy groups -OCH3 is 1. The van der Waals surface area contributed by atoms with E-state index in [1.54, 1.807) is 18.6 Å². The molecular weight excluding hydrogens is 406 g/mol. The summed E-state index contributed by atoms with van der Waals surface area (Å²) in [5, 5.41) is 1.51. The molecule has 5 atom stereocenters. The largest absolute Gasteiger partial charge is 0.497 e. The second-order valence-corrected chi connectivity index (χ2v) is 10.3. The highest BCUT2D eigenvalue weighted by Gasteiger charge is 2.55. The van der Waals surface area contributed by atoms with Crippen LogP contribution in [0.2, 0.25) is 0 Å². The summed E-state index contributed by atoms with van der Waals surface area (Å²) in [5.74, 6) is 2.74. The number of hydrogen-bond acceptors (Lipinski definition) is 6. The van der Waals surface area contributed by atoms with Crippen LogP contribution in [-0.4, -0.2) is 29.5 Å². The highest BCUT2D eigenvalue weighted by molar-refractivity contribution is 8.00. The maximum absolute atomic E-state index is 12.9. The summed E-state index contributed by atoms with van der Waals surface area (Å²) in [6.45, 7) is 2.13. The third kappa shape index (κ3) is 3.13. The number of ether oxygens (including phenoxy) is 2. The maximum Gasteiger partial charge on any atom is 0.326 e. The molecule has 7 heteroatoms. The lowest BCUT2D eigenvalue weighted by atomic mass is 9.75. The van der Waals surface area contributed by atoms with E-state index in [4.69, 9.17) is 9.47 Å². The molecule has 1 aromatic carbocycles. The van der Waals surface area contributed by atoms with E-state index in [-0.39, 0.29) is 23.3 Å². The highest BCUT2D eigenvalue weighted by atomic mass is 32.2. The summed E-state index contributed by atoms with van der Waals surface area (Å²) in [6.07, 6.45) is 3.88. The topological polar surface area (TPSA) is 57.5 Å². The van der Waals surface area contributed by atoms with E-state index >= 15 is 0 Å². The first kappa shape index (κ1) is 19.2. The first-order valence-electron chi connectivity index (χ1n) is 10.3.